The first-order valence-electron chi connectivity index (χ1n) is 13.6. The van der Waals surface area contributed by atoms with Crippen LogP contribution in [0.5, 0.6) is 11.5 Å². The van der Waals surface area contributed by atoms with Gasteiger partial charge in [-0.2, -0.15) is 48.3 Å². The van der Waals surface area contributed by atoms with Crippen molar-refractivity contribution in [2.45, 2.75) is 70.1 Å². The molecule has 0 bridgehead atoms. The van der Waals surface area contributed by atoms with E-state index in [0.717, 1.165) is 0 Å². The van der Waals surface area contributed by atoms with E-state index < -0.39 is 67.7 Å². The molecule has 7 nitrogen and oxygen atoms in total. The van der Waals surface area contributed by atoms with Gasteiger partial charge in [-0.15, -0.1) is 0 Å². The molecule has 0 aromatic heterocycles. The van der Waals surface area contributed by atoms with E-state index in [9.17, 15) is 63.0 Å². The monoisotopic (exact) mass is 697 g/mol. The SMILES string of the molecule is CCOC(Cc1ccc(OCCN(CC(F)(F)C(F)(F)C(F)(F)C(F)(F)C(F)(F)F)C(=O)Oc2c(C)cc(C)cc2C)cc1)C(=O)O. The molecule has 2 rings (SSSR count). The fourth-order valence-corrected chi connectivity index (χ4v) is 4.29. The normalized spacial score (nSPS) is 13.7. The Morgan fingerprint density at radius 2 is 1.36 bits per heavy atom. The van der Waals surface area contributed by atoms with Gasteiger partial charge in [-0.25, -0.2) is 9.59 Å². The van der Waals surface area contributed by atoms with Crippen molar-refractivity contribution < 1.29 is 77.2 Å². The molecular weight excluding hydrogens is 667 g/mol. The third-order valence-electron chi connectivity index (χ3n) is 6.66. The number of carboxylic acids is 1. The Morgan fingerprint density at radius 1 is 0.830 bits per heavy atom. The van der Waals surface area contributed by atoms with Gasteiger partial charge in [-0.3, -0.25) is 4.90 Å². The number of hydrogen-bond acceptors (Lipinski definition) is 5. The van der Waals surface area contributed by atoms with Crippen LogP contribution in [-0.4, -0.2) is 84.3 Å². The maximum absolute atomic E-state index is 14.7. The van der Waals surface area contributed by atoms with Gasteiger partial charge in [0.25, 0.3) is 0 Å². The first-order chi connectivity index (χ1) is 21.4. The van der Waals surface area contributed by atoms with Gasteiger partial charge in [-0.05, 0) is 56.5 Å². The van der Waals surface area contributed by atoms with Crippen LogP contribution in [0.4, 0.5) is 53.1 Å². The zero-order valence-corrected chi connectivity index (χ0v) is 25.2. The largest absolute Gasteiger partial charge is 0.492 e. The molecule has 0 saturated carbocycles. The van der Waals surface area contributed by atoms with Crippen molar-refractivity contribution in [2.75, 3.05) is 26.3 Å². The van der Waals surface area contributed by atoms with Crippen LogP contribution < -0.4 is 9.47 Å². The average molecular weight is 698 g/mol. The highest BCUT2D eigenvalue weighted by molar-refractivity contribution is 5.73. The quantitative estimate of drug-likeness (QED) is 0.193. The number of nitrogens with zero attached hydrogens (tertiary/aromatic N) is 1. The van der Waals surface area contributed by atoms with Crippen molar-refractivity contribution in [2.24, 2.45) is 0 Å². The third kappa shape index (κ3) is 8.75. The molecule has 18 heteroatoms. The molecule has 2 aromatic rings. The summed E-state index contributed by atoms with van der Waals surface area (Å²) in [5.74, 6) is -30.5. The van der Waals surface area contributed by atoms with Crippen LogP contribution in [0.15, 0.2) is 36.4 Å². The molecular formula is C29H30F11NO6. The number of carbonyl (C=O) groups is 2. The summed E-state index contributed by atoms with van der Waals surface area (Å²) in [5, 5.41) is 9.20. The van der Waals surface area contributed by atoms with E-state index in [0.29, 0.717) is 11.1 Å². The molecule has 0 fully saturated rings. The Labute approximate surface area is 261 Å². The molecule has 0 aliphatic heterocycles. The van der Waals surface area contributed by atoms with E-state index in [2.05, 4.69) is 0 Å². The second kappa shape index (κ2) is 14.5. The van der Waals surface area contributed by atoms with E-state index >= 15 is 0 Å². The van der Waals surface area contributed by atoms with Crippen molar-refractivity contribution in [3.05, 3.63) is 58.7 Å². The fraction of sp³-hybridized carbons (Fsp3) is 0.517. The van der Waals surface area contributed by atoms with Crippen molar-refractivity contribution in [1.82, 2.24) is 4.90 Å². The summed E-state index contributed by atoms with van der Waals surface area (Å²) < 4.78 is 166. The Balaban J connectivity index is 2.35. The summed E-state index contributed by atoms with van der Waals surface area (Å²) in [6.07, 6.45) is -10.5. The zero-order valence-electron chi connectivity index (χ0n) is 25.2. The van der Waals surface area contributed by atoms with Crippen molar-refractivity contribution in [1.29, 1.82) is 0 Å². The molecule has 1 atom stereocenters. The topological polar surface area (TPSA) is 85.3 Å². The van der Waals surface area contributed by atoms with E-state index in [1.165, 1.54) is 50.2 Å². The summed E-state index contributed by atoms with van der Waals surface area (Å²) in [5.41, 5.74) is 1.60. The van der Waals surface area contributed by atoms with E-state index in [4.69, 9.17) is 14.2 Å². The van der Waals surface area contributed by atoms with Gasteiger partial charge >= 0.3 is 41.9 Å². The van der Waals surface area contributed by atoms with E-state index in [1.807, 2.05) is 0 Å². The molecule has 0 saturated heterocycles. The van der Waals surface area contributed by atoms with Gasteiger partial charge in [-0.1, -0.05) is 29.8 Å². The molecule has 1 N–H and O–H groups in total. The van der Waals surface area contributed by atoms with Gasteiger partial charge in [0, 0.05) is 13.0 Å². The number of rotatable bonds is 15. The van der Waals surface area contributed by atoms with Gasteiger partial charge in [0.15, 0.2) is 6.10 Å². The molecule has 1 amide bonds. The highest BCUT2D eigenvalue weighted by Crippen LogP contribution is 2.57. The average Bonchev–Trinajstić information content (AvgIpc) is 2.93. The zero-order chi connectivity index (χ0) is 36.2. The number of hydrogen-bond donors (Lipinski definition) is 1. The van der Waals surface area contributed by atoms with Crippen molar-refractivity contribution in [3.8, 4) is 11.5 Å². The first-order valence-corrected chi connectivity index (χ1v) is 13.6. The van der Waals surface area contributed by atoms with E-state index in [-0.39, 0.29) is 40.6 Å². The lowest BCUT2D eigenvalue weighted by Crippen LogP contribution is -2.68. The smallest absolute Gasteiger partial charge is 0.460 e. The standard InChI is InChI=1S/C29H30F11NO6/c1-5-45-21(23(42)43)14-19-6-8-20(9-7-19)46-11-10-41(24(44)47-22-17(3)12-16(2)13-18(22)4)15-25(30,31)26(32,33)27(34,35)28(36,37)29(38,39)40/h6-9,12-13,21H,5,10-11,14-15H2,1-4H3,(H,42,43). The van der Waals surface area contributed by atoms with E-state index in [1.54, 1.807) is 13.8 Å². The second-order valence-electron chi connectivity index (χ2n) is 10.4. The fourth-order valence-electron chi connectivity index (χ4n) is 4.29. The second-order valence-corrected chi connectivity index (χ2v) is 10.4. The first kappa shape index (κ1) is 39.3. The molecule has 0 spiro atoms. The Hall–Kier alpha value is -3.83. The molecule has 2 aromatic carbocycles. The number of carboxylic acid groups (broad SMARTS) is 1. The van der Waals surface area contributed by atoms with Gasteiger partial charge in [0.05, 0.1) is 13.1 Å². The summed E-state index contributed by atoms with van der Waals surface area (Å²) in [4.78, 5) is 23.9. The van der Waals surface area contributed by atoms with Crippen LogP contribution in [0.3, 0.4) is 0 Å². The number of benzene rings is 2. The highest BCUT2D eigenvalue weighted by Gasteiger charge is 2.87. The van der Waals surface area contributed by atoms with Gasteiger partial charge < -0.3 is 19.3 Å². The number of carbonyl (C=O) groups excluding carboxylic acids is 1. The third-order valence-corrected chi connectivity index (χ3v) is 6.66. The molecule has 0 aliphatic rings. The molecule has 1 unspecified atom stereocenters. The molecule has 0 radical (unpaired) electrons. The minimum absolute atomic E-state index is 0.0379. The minimum Gasteiger partial charge on any atom is -0.492 e. The van der Waals surface area contributed by atoms with Crippen LogP contribution >= 0.6 is 0 Å². The summed E-state index contributed by atoms with van der Waals surface area (Å²) in [6, 6.07) is 8.26. The van der Waals surface area contributed by atoms with Crippen LogP contribution in [0.2, 0.25) is 0 Å². The minimum atomic E-state index is -7.65. The Kier molecular flexibility index (Phi) is 12.2. The van der Waals surface area contributed by atoms with Crippen LogP contribution in [0.25, 0.3) is 0 Å². The lowest BCUT2D eigenvalue weighted by Gasteiger charge is -2.38. The summed E-state index contributed by atoms with van der Waals surface area (Å²) in [6.45, 7) is 1.40. The molecule has 0 aliphatic carbocycles. The summed E-state index contributed by atoms with van der Waals surface area (Å²) in [7, 11) is 0. The molecule has 47 heavy (non-hydrogen) atoms. The number of ether oxygens (including phenoxy) is 3. The van der Waals surface area contributed by atoms with Crippen LogP contribution in [-0.2, 0) is 16.0 Å². The Morgan fingerprint density at radius 3 is 1.83 bits per heavy atom. The number of aliphatic carboxylic acids is 1. The maximum atomic E-state index is 14.7. The number of halogens is 11. The van der Waals surface area contributed by atoms with Gasteiger partial charge in [0.1, 0.15) is 18.1 Å². The Bertz CT molecular complexity index is 1380. The van der Waals surface area contributed by atoms with Crippen LogP contribution in [0.1, 0.15) is 29.2 Å². The van der Waals surface area contributed by atoms with Crippen LogP contribution in [0, 0.1) is 20.8 Å². The van der Waals surface area contributed by atoms with Crippen molar-refractivity contribution >= 4 is 12.1 Å². The number of alkyl halides is 11. The van der Waals surface area contributed by atoms with Gasteiger partial charge in [0.2, 0.25) is 0 Å². The molecule has 264 valence electrons. The lowest BCUT2D eigenvalue weighted by atomic mass is 9.97. The molecule has 0 heterocycles. The predicted molar refractivity (Wildman–Crippen MR) is 143 cm³/mol. The lowest BCUT2D eigenvalue weighted by molar-refractivity contribution is -0.422. The summed E-state index contributed by atoms with van der Waals surface area (Å²) >= 11 is 0. The number of aryl methyl sites for hydroxylation is 3. The number of amides is 1. The highest BCUT2D eigenvalue weighted by atomic mass is 19.4. The maximum Gasteiger partial charge on any atom is 0.460 e. The predicted octanol–water partition coefficient (Wildman–Crippen LogP) is 7.63. The van der Waals surface area contributed by atoms with Crippen molar-refractivity contribution in [3.63, 3.8) is 0 Å².